The van der Waals surface area contributed by atoms with Crippen molar-refractivity contribution in [3.63, 3.8) is 0 Å². The molecule has 1 saturated heterocycles. The average molecular weight is 292 g/mol. The SMILES string of the molecule is CSC1CCCC1NC1CCN(S(C)(=O)=O)CC1. The van der Waals surface area contributed by atoms with Crippen molar-refractivity contribution in [2.75, 3.05) is 25.6 Å². The van der Waals surface area contributed by atoms with Gasteiger partial charge in [-0.25, -0.2) is 12.7 Å². The van der Waals surface area contributed by atoms with E-state index in [1.54, 1.807) is 4.31 Å². The Labute approximate surface area is 115 Å². The van der Waals surface area contributed by atoms with Crippen molar-refractivity contribution in [1.82, 2.24) is 9.62 Å². The normalized spacial score (nSPS) is 31.9. The van der Waals surface area contributed by atoms with E-state index in [1.807, 2.05) is 11.8 Å². The Morgan fingerprint density at radius 3 is 2.39 bits per heavy atom. The third kappa shape index (κ3) is 3.62. The van der Waals surface area contributed by atoms with Crippen molar-refractivity contribution in [1.29, 1.82) is 0 Å². The van der Waals surface area contributed by atoms with Crippen LogP contribution in [0.3, 0.4) is 0 Å². The zero-order chi connectivity index (χ0) is 13.2. The first-order chi connectivity index (χ1) is 8.50. The van der Waals surface area contributed by atoms with Crippen LogP contribution in [0.2, 0.25) is 0 Å². The standard InChI is InChI=1S/C12H24N2O2S2/c1-17-12-5-3-4-11(12)13-10-6-8-14(9-7-10)18(2,15)16/h10-13H,3-9H2,1-2H3. The molecule has 0 aromatic heterocycles. The lowest BCUT2D eigenvalue weighted by atomic mass is 10.0. The molecule has 6 heteroatoms. The lowest BCUT2D eigenvalue weighted by molar-refractivity contribution is 0.275. The topological polar surface area (TPSA) is 49.4 Å². The van der Waals surface area contributed by atoms with Gasteiger partial charge in [0.05, 0.1) is 6.26 Å². The van der Waals surface area contributed by atoms with Crippen molar-refractivity contribution < 1.29 is 8.42 Å². The molecular formula is C12H24N2O2S2. The largest absolute Gasteiger partial charge is 0.310 e. The lowest BCUT2D eigenvalue weighted by Gasteiger charge is -2.33. The molecule has 2 rings (SSSR count). The number of hydrogen-bond acceptors (Lipinski definition) is 4. The minimum absolute atomic E-state index is 0.501. The maximum atomic E-state index is 11.4. The third-order valence-corrected chi connectivity index (χ3v) is 6.60. The van der Waals surface area contributed by atoms with Gasteiger partial charge in [-0.15, -0.1) is 0 Å². The van der Waals surface area contributed by atoms with Gasteiger partial charge in [-0.3, -0.25) is 0 Å². The van der Waals surface area contributed by atoms with Crippen molar-refractivity contribution in [3.05, 3.63) is 0 Å². The van der Waals surface area contributed by atoms with Crippen LogP contribution in [0, 0.1) is 0 Å². The molecule has 0 spiro atoms. The fourth-order valence-electron chi connectivity index (χ4n) is 3.06. The van der Waals surface area contributed by atoms with Crippen LogP contribution in [0.4, 0.5) is 0 Å². The number of nitrogens with zero attached hydrogens (tertiary/aromatic N) is 1. The molecule has 1 saturated carbocycles. The van der Waals surface area contributed by atoms with E-state index in [9.17, 15) is 8.42 Å². The number of rotatable bonds is 4. The molecule has 1 heterocycles. The molecule has 1 aliphatic heterocycles. The molecule has 0 aromatic rings. The van der Waals surface area contributed by atoms with E-state index >= 15 is 0 Å². The Bertz CT molecular complexity index is 364. The van der Waals surface area contributed by atoms with Crippen molar-refractivity contribution >= 4 is 21.8 Å². The van der Waals surface area contributed by atoms with Crippen LogP contribution in [0.1, 0.15) is 32.1 Å². The fraction of sp³-hybridized carbons (Fsp3) is 1.00. The molecule has 4 nitrogen and oxygen atoms in total. The maximum absolute atomic E-state index is 11.4. The first kappa shape index (κ1) is 14.6. The summed E-state index contributed by atoms with van der Waals surface area (Å²) in [5.74, 6) is 0. The van der Waals surface area contributed by atoms with Gasteiger partial charge in [-0.1, -0.05) is 6.42 Å². The van der Waals surface area contributed by atoms with E-state index in [-0.39, 0.29) is 0 Å². The van der Waals surface area contributed by atoms with Crippen LogP contribution in [0.5, 0.6) is 0 Å². The molecule has 18 heavy (non-hydrogen) atoms. The van der Waals surface area contributed by atoms with Gasteiger partial charge in [-0.2, -0.15) is 11.8 Å². The lowest BCUT2D eigenvalue weighted by Crippen LogP contribution is -2.48. The van der Waals surface area contributed by atoms with Gasteiger partial charge in [0.25, 0.3) is 0 Å². The number of hydrogen-bond donors (Lipinski definition) is 1. The first-order valence-corrected chi connectivity index (χ1v) is 9.88. The molecule has 1 aliphatic carbocycles. The minimum Gasteiger partial charge on any atom is -0.310 e. The molecule has 2 unspecified atom stereocenters. The summed E-state index contributed by atoms with van der Waals surface area (Å²) in [6.07, 6.45) is 9.32. The van der Waals surface area contributed by atoms with Crippen LogP contribution in [0.15, 0.2) is 0 Å². The van der Waals surface area contributed by atoms with Crippen LogP contribution in [-0.2, 0) is 10.0 Å². The Hall–Kier alpha value is 0.220. The van der Waals surface area contributed by atoms with E-state index in [1.165, 1.54) is 25.5 Å². The summed E-state index contributed by atoms with van der Waals surface area (Å²) < 4.78 is 24.5. The fourth-order valence-corrected chi connectivity index (χ4v) is 4.88. The second-order valence-electron chi connectivity index (χ2n) is 5.41. The van der Waals surface area contributed by atoms with Gasteiger partial charge in [0.2, 0.25) is 10.0 Å². The van der Waals surface area contributed by atoms with E-state index in [4.69, 9.17) is 0 Å². The van der Waals surface area contributed by atoms with E-state index in [2.05, 4.69) is 11.6 Å². The van der Waals surface area contributed by atoms with Gasteiger partial charge in [0.1, 0.15) is 0 Å². The second-order valence-corrected chi connectivity index (χ2v) is 8.47. The average Bonchev–Trinajstić information content (AvgIpc) is 2.76. The smallest absolute Gasteiger partial charge is 0.211 e. The van der Waals surface area contributed by atoms with Crippen LogP contribution >= 0.6 is 11.8 Å². The zero-order valence-corrected chi connectivity index (χ0v) is 12.9. The molecule has 106 valence electrons. The quantitative estimate of drug-likeness (QED) is 0.848. The van der Waals surface area contributed by atoms with Crippen LogP contribution in [-0.4, -0.2) is 55.7 Å². The summed E-state index contributed by atoms with van der Waals surface area (Å²) in [6, 6.07) is 1.13. The molecule has 0 aromatic carbocycles. The molecule has 0 radical (unpaired) electrons. The summed E-state index contributed by atoms with van der Waals surface area (Å²) in [5.41, 5.74) is 0. The number of sulfonamides is 1. The highest BCUT2D eigenvalue weighted by Gasteiger charge is 2.31. The third-order valence-electron chi connectivity index (χ3n) is 4.13. The number of nitrogens with one attached hydrogen (secondary N) is 1. The number of thioether (sulfide) groups is 1. The summed E-state index contributed by atoms with van der Waals surface area (Å²) in [5, 5.41) is 4.50. The van der Waals surface area contributed by atoms with E-state index < -0.39 is 10.0 Å². The zero-order valence-electron chi connectivity index (χ0n) is 11.3. The number of piperidine rings is 1. The predicted octanol–water partition coefficient (Wildman–Crippen LogP) is 1.28. The van der Waals surface area contributed by atoms with Crippen molar-refractivity contribution in [2.24, 2.45) is 0 Å². The molecule has 0 amide bonds. The summed E-state index contributed by atoms with van der Waals surface area (Å²) >= 11 is 1.97. The van der Waals surface area contributed by atoms with Gasteiger partial charge in [0, 0.05) is 30.4 Å². The molecule has 1 N–H and O–H groups in total. The van der Waals surface area contributed by atoms with E-state index in [0.717, 1.165) is 18.1 Å². The van der Waals surface area contributed by atoms with Gasteiger partial charge >= 0.3 is 0 Å². The Kier molecular flexibility index (Phi) is 4.97. The minimum atomic E-state index is -2.99. The highest BCUT2D eigenvalue weighted by atomic mass is 32.2. The summed E-state index contributed by atoms with van der Waals surface area (Å²) in [6.45, 7) is 1.35. The molecular weight excluding hydrogens is 268 g/mol. The highest BCUT2D eigenvalue weighted by molar-refractivity contribution is 7.99. The highest BCUT2D eigenvalue weighted by Crippen LogP contribution is 2.29. The summed E-state index contributed by atoms with van der Waals surface area (Å²) in [7, 11) is -2.99. The summed E-state index contributed by atoms with van der Waals surface area (Å²) in [4.78, 5) is 0. The predicted molar refractivity (Wildman–Crippen MR) is 77.5 cm³/mol. The monoisotopic (exact) mass is 292 g/mol. The maximum Gasteiger partial charge on any atom is 0.211 e. The Morgan fingerprint density at radius 1 is 1.17 bits per heavy atom. The Balaban J connectivity index is 1.80. The second kappa shape index (κ2) is 6.11. The van der Waals surface area contributed by atoms with Gasteiger partial charge < -0.3 is 5.32 Å². The molecule has 2 atom stereocenters. The van der Waals surface area contributed by atoms with Crippen LogP contribution in [0.25, 0.3) is 0 Å². The molecule has 2 aliphatic rings. The van der Waals surface area contributed by atoms with Gasteiger partial charge in [0.15, 0.2) is 0 Å². The molecule has 2 fully saturated rings. The first-order valence-electron chi connectivity index (χ1n) is 6.74. The van der Waals surface area contributed by atoms with Crippen LogP contribution < -0.4 is 5.32 Å². The van der Waals surface area contributed by atoms with E-state index in [0.29, 0.717) is 25.2 Å². The van der Waals surface area contributed by atoms with Gasteiger partial charge in [-0.05, 0) is 31.9 Å². The van der Waals surface area contributed by atoms with Crippen molar-refractivity contribution in [2.45, 2.75) is 49.4 Å². The molecule has 0 bridgehead atoms. The van der Waals surface area contributed by atoms with Crippen molar-refractivity contribution in [3.8, 4) is 0 Å². The Morgan fingerprint density at radius 2 is 1.83 bits per heavy atom.